The zero-order valence-electron chi connectivity index (χ0n) is 12.9. The van der Waals surface area contributed by atoms with E-state index in [2.05, 4.69) is 10.6 Å². The molecular formula is C14H26N2O4. The fourth-order valence-electron chi connectivity index (χ4n) is 2.54. The topological polar surface area (TPSA) is 87.7 Å². The second kappa shape index (κ2) is 6.43. The standard InChI is InChI=1S/C14H26N2O4/c1-8(2)9(6-12(17)18)15-13(19)16-10-7-11(20-5)14(10,3)4/h8-11H,6-7H2,1-5H3,(H,17,18)(H2,15,16,19). The third-order valence-electron chi connectivity index (χ3n) is 4.28. The van der Waals surface area contributed by atoms with Crippen molar-refractivity contribution in [3.63, 3.8) is 0 Å². The van der Waals surface area contributed by atoms with Crippen molar-refractivity contribution < 1.29 is 19.4 Å². The average Bonchev–Trinajstić information content (AvgIpc) is 2.32. The Bertz CT molecular complexity index is 368. The molecule has 3 unspecified atom stereocenters. The second-order valence-corrected chi connectivity index (χ2v) is 6.40. The number of carboxylic acid groups (broad SMARTS) is 1. The van der Waals surface area contributed by atoms with E-state index in [9.17, 15) is 9.59 Å². The molecule has 0 aliphatic heterocycles. The van der Waals surface area contributed by atoms with Gasteiger partial charge in [0.1, 0.15) is 0 Å². The molecule has 0 heterocycles. The maximum Gasteiger partial charge on any atom is 0.315 e. The van der Waals surface area contributed by atoms with E-state index in [1.54, 1.807) is 7.11 Å². The van der Waals surface area contributed by atoms with Crippen molar-refractivity contribution in [3.8, 4) is 0 Å². The zero-order chi connectivity index (χ0) is 15.5. The molecular weight excluding hydrogens is 260 g/mol. The summed E-state index contributed by atoms with van der Waals surface area (Å²) in [6.07, 6.45) is 0.856. The Balaban J connectivity index is 2.49. The molecule has 2 amide bonds. The molecule has 0 bridgehead atoms. The Hall–Kier alpha value is -1.30. The van der Waals surface area contributed by atoms with Crippen molar-refractivity contribution in [2.45, 2.75) is 58.7 Å². The highest BCUT2D eigenvalue weighted by molar-refractivity contribution is 5.76. The van der Waals surface area contributed by atoms with E-state index >= 15 is 0 Å². The van der Waals surface area contributed by atoms with Gasteiger partial charge in [0.05, 0.1) is 12.5 Å². The first kappa shape index (κ1) is 16.8. The van der Waals surface area contributed by atoms with E-state index < -0.39 is 5.97 Å². The van der Waals surface area contributed by atoms with Gasteiger partial charge in [0.15, 0.2) is 0 Å². The number of hydrogen-bond acceptors (Lipinski definition) is 3. The molecule has 3 atom stereocenters. The molecule has 116 valence electrons. The molecule has 0 spiro atoms. The van der Waals surface area contributed by atoms with Gasteiger partial charge < -0.3 is 20.5 Å². The van der Waals surface area contributed by atoms with Crippen LogP contribution in [-0.4, -0.2) is 42.4 Å². The Kier molecular flexibility index (Phi) is 5.39. The van der Waals surface area contributed by atoms with Gasteiger partial charge in [-0.15, -0.1) is 0 Å². The zero-order valence-corrected chi connectivity index (χ0v) is 12.9. The van der Waals surface area contributed by atoms with Crippen molar-refractivity contribution in [1.82, 2.24) is 10.6 Å². The van der Waals surface area contributed by atoms with E-state index in [1.807, 2.05) is 27.7 Å². The number of carbonyl (C=O) groups excluding carboxylic acids is 1. The van der Waals surface area contributed by atoms with Crippen LogP contribution in [0.5, 0.6) is 0 Å². The van der Waals surface area contributed by atoms with Gasteiger partial charge >= 0.3 is 12.0 Å². The van der Waals surface area contributed by atoms with E-state index in [0.717, 1.165) is 6.42 Å². The molecule has 1 saturated carbocycles. The highest BCUT2D eigenvalue weighted by Crippen LogP contribution is 2.42. The average molecular weight is 286 g/mol. The predicted octanol–water partition coefficient (Wildman–Crippen LogP) is 1.60. The van der Waals surface area contributed by atoms with E-state index in [4.69, 9.17) is 9.84 Å². The lowest BCUT2D eigenvalue weighted by Crippen LogP contribution is -2.63. The van der Waals surface area contributed by atoms with Gasteiger partial charge in [-0.1, -0.05) is 27.7 Å². The number of nitrogens with one attached hydrogen (secondary N) is 2. The summed E-state index contributed by atoms with van der Waals surface area (Å²) in [5.74, 6) is -0.842. The summed E-state index contributed by atoms with van der Waals surface area (Å²) >= 11 is 0. The largest absolute Gasteiger partial charge is 0.481 e. The first-order chi connectivity index (χ1) is 9.18. The van der Waals surface area contributed by atoms with Crippen molar-refractivity contribution in [2.75, 3.05) is 7.11 Å². The number of amides is 2. The van der Waals surface area contributed by atoms with Gasteiger partial charge in [0, 0.05) is 24.6 Å². The predicted molar refractivity (Wildman–Crippen MR) is 75.5 cm³/mol. The van der Waals surface area contributed by atoms with Crippen LogP contribution in [-0.2, 0) is 9.53 Å². The molecule has 0 aromatic heterocycles. The number of aliphatic carboxylic acids is 1. The van der Waals surface area contributed by atoms with Crippen LogP contribution in [0, 0.1) is 11.3 Å². The van der Waals surface area contributed by atoms with Crippen LogP contribution in [0.3, 0.4) is 0 Å². The first-order valence-corrected chi connectivity index (χ1v) is 7.00. The lowest BCUT2D eigenvalue weighted by Gasteiger charge is -2.51. The molecule has 6 nitrogen and oxygen atoms in total. The molecule has 0 saturated heterocycles. The lowest BCUT2D eigenvalue weighted by atomic mass is 9.64. The lowest BCUT2D eigenvalue weighted by molar-refractivity contribution is -0.137. The van der Waals surface area contributed by atoms with E-state index in [0.29, 0.717) is 0 Å². The van der Waals surface area contributed by atoms with Gasteiger partial charge in [-0.25, -0.2) is 4.79 Å². The summed E-state index contributed by atoms with van der Waals surface area (Å²) in [6, 6.07) is -0.628. The van der Waals surface area contributed by atoms with Crippen LogP contribution in [0.1, 0.15) is 40.5 Å². The smallest absolute Gasteiger partial charge is 0.315 e. The minimum Gasteiger partial charge on any atom is -0.481 e. The van der Waals surface area contributed by atoms with Crippen molar-refractivity contribution >= 4 is 12.0 Å². The van der Waals surface area contributed by atoms with Crippen LogP contribution in [0.2, 0.25) is 0 Å². The Morgan fingerprint density at radius 1 is 1.40 bits per heavy atom. The van der Waals surface area contributed by atoms with Crippen molar-refractivity contribution in [1.29, 1.82) is 0 Å². The fourth-order valence-corrected chi connectivity index (χ4v) is 2.54. The second-order valence-electron chi connectivity index (χ2n) is 6.40. The first-order valence-electron chi connectivity index (χ1n) is 7.00. The normalized spacial score (nSPS) is 25.7. The quantitative estimate of drug-likeness (QED) is 0.692. The monoisotopic (exact) mass is 286 g/mol. The van der Waals surface area contributed by atoms with Gasteiger partial charge in [-0.05, 0) is 12.3 Å². The molecule has 6 heteroatoms. The van der Waals surface area contributed by atoms with E-state index in [-0.39, 0.29) is 42.0 Å². The minimum absolute atomic E-state index is 0.0464. The Labute approximate surface area is 120 Å². The number of ether oxygens (including phenoxy) is 1. The number of carbonyl (C=O) groups is 2. The van der Waals surface area contributed by atoms with Gasteiger partial charge in [0.25, 0.3) is 0 Å². The fraction of sp³-hybridized carbons (Fsp3) is 0.857. The third kappa shape index (κ3) is 3.85. The third-order valence-corrected chi connectivity index (χ3v) is 4.28. The Morgan fingerprint density at radius 2 is 2.00 bits per heavy atom. The molecule has 20 heavy (non-hydrogen) atoms. The van der Waals surface area contributed by atoms with E-state index in [1.165, 1.54) is 0 Å². The molecule has 0 aromatic rings. The molecule has 3 N–H and O–H groups in total. The number of urea groups is 1. The van der Waals surface area contributed by atoms with Gasteiger partial charge in [0.2, 0.25) is 0 Å². The number of carboxylic acids is 1. The maximum atomic E-state index is 12.0. The molecule has 1 aliphatic rings. The van der Waals surface area contributed by atoms with Crippen LogP contribution in [0.15, 0.2) is 0 Å². The summed E-state index contributed by atoms with van der Waals surface area (Å²) in [7, 11) is 1.67. The van der Waals surface area contributed by atoms with Gasteiger partial charge in [-0.2, -0.15) is 0 Å². The minimum atomic E-state index is -0.910. The number of methoxy groups -OCH3 is 1. The highest BCUT2D eigenvalue weighted by Gasteiger charge is 2.49. The molecule has 1 fully saturated rings. The maximum absolute atomic E-state index is 12.0. The summed E-state index contributed by atoms with van der Waals surface area (Å²) < 4.78 is 5.34. The van der Waals surface area contributed by atoms with Gasteiger partial charge in [-0.3, -0.25) is 4.79 Å². The Morgan fingerprint density at radius 3 is 2.40 bits per heavy atom. The van der Waals surface area contributed by atoms with Crippen LogP contribution < -0.4 is 10.6 Å². The summed E-state index contributed by atoms with van der Waals surface area (Å²) in [6.45, 7) is 7.88. The number of rotatable bonds is 6. The van der Waals surface area contributed by atoms with Crippen molar-refractivity contribution in [2.24, 2.45) is 11.3 Å². The molecule has 1 aliphatic carbocycles. The van der Waals surface area contributed by atoms with Crippen LogP contribution >= 0.6 is 0 Å². The number of hydrogen-bond donors (Lipinski definition) is 3. The molecule has 0 radical (unpaired) electrons. The van der Waals surface area contributed by atoms with Crippen molar-refractivity contribution in [3.05, 3.63) is 0 Å². The summed E-state index contributed by atoms with van der Waals surface area (Å²) in [5, 5.41) is 14.5. The molecule has 0 aromatic carbocycles. The SMILES string of the molecule is COC1CC(NC(=O)NC(CC(=O)O)C(C)C)C1(C)C. The van der Waals surface area contributed by atoms with Crippen LogP contribution in [0.4, 0.5) is 4.79 Å². The van der Waals surface area contributed by atoms with Crippen LogP contribution in [0.25, 0.3) is 0 Å². The summed E-state index contributed by atoms with van der Waals surface area (Å²) in [4.78, 5) is 22.8. The highest BCUT2D eigenvalue weighted by atomic mass is 16.5. The molecule has 1 rings (SSSR count). The summed E-state index contributed by atoms with van der Waals surface area (Å²) in [5.41, 5.74) is -0.105.